The minimum absolute atomic E-state index is 0.637. The Hall–Kier alpha value is -2.79. The Balaban J connectivity index is 1.32. The molecule has 2 heterocycles. The van der Waals surface area contributed by atoms with Crippen LogP contribution in [0.4, 0.5) is 27.2 Å². The summed E-state index contributed by atoms with van der Waals surface area (Å²) in [5.74, 6) is 0. The van der Waals surface area contributed by atoms with Crippen LogP contribution in [-0.2, 0) is 10.8 Å². The van der Waals surface area contributed by atoms with Gasteiger partial charge in [-0.15, -0.1) is 20.5 Å². The molecular weight excluding hydrogens is 517 g/mol. The summed E-state index contributed by atoms with van der Waals surface area (Å²) in [6.45, 7) is 7.60. The topological polar surface area (TPSA) is 74.8 Å². The van der Waals surface area contributed by atoms with Gasteiger partial charge in [-0.1, -0.05) is 55.6 Å². The first-order chi connectivity index (χ1) is 17.9. The summed E-state index contributed by atoms with van der Waals surface area (Å²) in [5, 5.41) is 18.9. The number of rotatable bonds is 12. The highest BCUT2D eigenvalue weighted by atomic mass is 32.1. The Bertz CT molecular complexity index is 1300. The van der Waals surface area contributed by atoms with E-state index in [0.29, 0.717) is 5.13 Å². The van der Waals surface area contributed by atoms with E-state index in [1.54, 1.807) is 0 Å². The first kappa shape index (κ1) is 27.2. The number of fused-ring (bicyclic) bond motifs is 1. The van der Waals surface area contributed by atoms with E-state index in [1.807, 2.05) is 56.6 Å². The second kappa shape index (κ2) is 12.6. The highest BCUT2D eigenvalue weighted by Gasteiger charge is 2.28. The van der Waals surface area contributed by atoms with Crippen molar-refractivity contribution in [3.63, 3.8) is 0 Å². The lowest BCUT2D eigenvalue weighted by molar-refractivity contribution is 0.303. The Labute approximate surface area is 228 Å². The van der Waals surface area contributed by atoms with Crippen LogP contribution in [0, 0.1) is 0 Å². The van der Waals surface area contributed by atoms with Gasteiger partial charge >= 0.3 is 0 Å². The minimum Gasteiger partial charge on any atom is -0.416 e. The van der Waals surface area contributed by atoms with Gasteiger partial charge < -0.3 is 9.33 Å². The average Bonchev–Trinajstić information content (AvgIpc) is 3.48. The third-order valence-corrected chi connectivity index (χ3v) is 13.2. The monoisotopic (exact) mass is 550 g/mol. The maximum absolute atomic E-state index is 6.38. The van der Waals surface area contributed by atoms with Crippen molar-refractivity contribution in [2.75, 3.05) is 25.6 Å². The standard InChI is InChI=1S/C27H34N6OS2Si/c1-6-37(7-2,8-3)34-18-17-20-9-11-21(12-10-20)29-31-25-19-24-26(36-25)28-27(35-24)32-30-22-13-15-23(16-14-22)33(4)5/h9-16,19H,6-8,17-18H2,1-5H3. The molecule has 7 nitrogen and oxygen atoms in total. The zero-order chi connectivity index (χ0) is 26.3. The van der Waals surface area contributed by atoms with Crippen LogP contribution in [0.5, 0.6) is 0 Å². The molecule has 0 unspecified atom stereocenters. The van der Waals surface area contributed by atoms with E-state index in [4.69, 9.17) is 4.43 Å². The Morgan fingerprint density at radius 3 is 2.03 bits per heavy atom. The molecule has 0 radical (unpaired) electrons. The fourth-order valence-corrected chi connectivity index (χ4v) is 8.50. The molecule has 37 heavy (non-hydrogen) atoms. The number of azo groups is 2. The second-order valence-corrected chi connectivity index (χ2v) is 15.9. The molecule has 0 bridgehead atoms. The maximum atomic E-state index is 6.38. The van der Waals surface area contributed by atoms with Crippen LogP contribution in [0.1, 0.15) is 26.3 Å². The molecule has 0 aliphatic carbocycles. The van der Waals surface area contributed by atoms with Crippen molar-refractivity contribution >= 4 is 67.7 Å². The van der Waals surface area contributed by atoms with Gasteiger partial charge in [0.1, 0.15) is 9.83 Å². The summed E-state index contributed by atoms with van der Waals surface area (Å²) >= 11 is 3.01. The molecule has 4 aromatic rings. The smallest absolute Gasteiger partial charge is 0.231 e. The lowest BCUT2D eigenvalue weighted by Crippen LogP contribution is -2.36. The van der Waals surface area contributed by atoms with Crippen LogP contribution in [0.25, 0.3) is 9.53 Å². The quantitative estimate of drug-likeness (QED) is 0.130. The molecule has 0 saturated heterocycles. The largest absolute Gasteiger partial charge is 0.416 e. The predicted molar refractivity (Wildman–Crippen MR) is 160 cm³/mol. The van der Waals surface area contributed by atoms with Gasteiger partial charge in [0.15, 0.2) is 8.32 Å². The first-order valence-electron chi connectivity index (χ1n) is 12.7. The Morgan fingerprint density at radius 1 is 0.811 bits per heavy atom. The molecule has 4 rings (SSSR count). The van der Waals surface area contributed by atoms with Crippen molar-refractivity contribution < 1.29 is 4.43 Å². The number of benzene rings is 2. The van der Waals surface area contributed by atoms with Crippen molar-refractivity contribution in [2.24, 2.45) is 20.5 Å². The van der Waals surface area contributed by atoms with Crippen molar-refractivity contribution in [1.29, 1.82) is 0 Å². The fourth-order valence-electron chi connectivity index (χ4n) is 4.00. The minimum atomic E-state index is -1.52. The van der Waals surface area contributed by atoms with Gasteiger partial charge in [0, 0.05) is 26.4 Å². The summed E-state index contributed by atoms with van der Waals surface area (Å²) in [5.41, 5.74) is 4.03. The molecule has 194 valence electrons. The normalized spacial score (nSPS) is 12.4. The SMILES string of the molecule is CC[Si](CC)(CC)OCCc1ccc(N=Nc2cc3sc(N=Nc4ccc(N(C)C)cc4)nc3s2)cc1. The lowest BCUT2D eigenvalue weighted by atomic mass is 10.1. The molecule has 0 atom stereocenters. The lowest BCUT2D eigenvalue weighted by Gasteiger charge is -2.27. The van der Waals surface area contributed by atoms with Gasteiger partial charge in [-0.25, -0.2) is 4.98 Å². The molecule has 10 heteroatoms. The van der Waals surface area contributed by atoms with Crippen LogP contribution in [0.3, 0.4) is 0 Å². The van der Waals surface area contributed by atoms with Crippen LogP contribution in [0.15, 0.2) is 75.1 Å². The Kier molecular flexibility index (Phi) is 9.31. The maximum Gasteiger partial charge on any atom is 0.231 e. The number of thiazole rings is 1. The van der Waals surface area contributed by atoms with Gasteiger partial charge in [0.25, 0.3) is 0 Å². The van der Waals surface area contributed by atoms with E-state index in [2.05, 4.69) is 63.2 Å². The van der Waals surface area contributed by atoms with Crippen molar-refractivity contribution in [2.45, 2.75) is 45.3 Å². The zero-order valence-corrected chi connectivity index (χ0v) is 24.8. The molecule has 0 aliphatic heterocycles. The number of anilines is 1. The van der Waals surface area contributed by atoms with Crippen molar-refractivity contribution in [1.82, 2.24) is 4.98 Å². The molecule has 0 saturated carbocycles. The average molecular weight is 551 g/mol. The highest BCUT2D eigenvalue weighted by Crippen LogP contribution is 2.39. The summed E-state index contributed by atoms with van der Waals surface area (Å²) < 4.78 is 7.41. The van der Waals surface area contributed by atoms with Crippen LogP contribution in [0.2, 0.25) is 18.1 Å². The molecule has 0 fully saturated rings. The van der Waals surface area contributed by atoms with E-state index >= 15 is 0 Å². The molecule has 0 spiro atoms. The van der Waals surface area contributed by atoms with E-state index in [-0.39, 0.29) is 0 Å². The van der Waals surface area contributed by atoms with Gasteiger partial charge in [-0.2, -0.15) is 0 Å². The molecular formula is C27H34N6OS2Si. The third-order valence-electron chi connectivity index (χ3n) is 6.61. The fraction of sp³-hybridized carbons (Fsp3) is 0.370. The molecule has 0 amide bonds. The van der Waals surface area contributed by atoms with Crippen molar-refractivity contribution in [3.8, 4) is 0 Å². The third kappa shape index (κ3) is 7.16. The summed E-state index contributed by atoms with van der Waals surface area (Å²) in [6, 6.07) is 21.8. The molecule has 2 aromatic carbocycles. The van der Waals surface area contributed by atoms with Crippen LogP contribution >= 0.6 is 22.7 Å². The zero-order valence-electron chi connectivity index (χ0n) is 22.1. The summed E-state index contributed by atoms with van der Waals surface area (Å²) in [7, 11) is 2.50. The van der Waals surface area contributed by atoms with Gasteiger partial charge in [-0.05, 0) is 72.6 Å². The first-order valence-corrected chi connectivity index (χ1v) is 16.8. The molecule has 0 aliphatic rings. The number of nitrogens with zero attached hydrogens (tertiary/aromatic N) is 6. The summed E-state index contributed by atoms with van der Waals surface area (Å²) in [4.78, 5) is 7.53. The number of thiophene rings is 1. The van der Waals surface area contributed by atoms with E-state index in [1.165, 1.54) is 46.4 Å². The predicted octanol–water partition coefficient (Wildman–Crippen LogP) is 9.82. The number of aromatic nitrogens is 1. The van der Waals surface area contributed by atoms with Gasteiger partial charge in [-0.3, -0.25) is 0 Å². The van der Waals surface area contributed by atoms with Gasteiger partial charge in [0.2, 0.25) is 5.13 Å². The van der Waals surface area contributed by atoms with E-state index in [0.717, 1.165) is 44.6 Å². The number of hydrogen-bond acceptors (Lipinski definition) is 9. The second-order valence-electron chi connectivity index (χ2n) is 9.07. The Morgan fingerprint density at radius 2 is 1.43 bits per heavy atom. The van der Waals surface area contributed by atoms with Crippen LogP contribution in [-0.4, -0.2) is 34.0 Å². The van der Waals surface area contributed by atoms with Gasteiger partial charge in [0.05, 0.1) is 16.1 Å². The molecule has 0 N–H and O–H groups in total. The highest BCUT2D eigenvalue weighted by molar-refractivity contribution is 7.30. The van der Waals surface area contributed by atoms with E-state index < -0.39 is 8.32 Å². The van der Waals surface area contributed by atoms with Crippen LogP contribution < -0.4 is 4.90 Å². The van der Waals surface area contributed by atoms with Crippen molar-refractivity contribution in [3.05, 3.63) is 60.2 Å². The van der Waals surface area contributed by atoms with E-state index in [9.17, 15) is 0 Å². The summed E-state index contributed by atoms with van der Waals surface area (Å²) in [6.07, 6.45) is 0.931. The number of hydrogen-bond donors (Lipinski definition) is 0. The molecule has 2 aromatic heterocycles.